The molecule has 0 fully saturated rings. The lowest BCUT2D eigenvalue weighted by atomic mass is 10.0. The molecule has 0 aliphatic rings. The van der Waals surface area contributed by atoms with E-state index in [4.69, 9.17) is 33.2 Å². The summed E-state index contributed by atoms with van der Waals surface area (Å²) in [6.45, 7) is 19.3. The molecule has 9 heteroatoms. The second-order valence-electron chi connectivity index (χ2n) is 15.7. The maximum absolute atomic E-state index is 6.49. The van der Waals surface area contributed by atoms with Crippen LogP contribution >= 0.6 is 15.8 Å². The van der Waals surface area contributed by atoms with E-state index in [9.17, 15) is 0 Å². The molecular formula is C52H60O7P2. The third-order valence-corrected chi connectivity index (χ3v) is 16.4. The fourth-order valence-electron chi connectivity index (χ4n) is 8.70. The van der Waals surface area contributed by atoms with Gasteiger partial charge >= 0.3 is 0 Å². The van der Waals surface area contributed by atoms with Gasteiger partial charge in [-0.2, -0.15) is 0 Å². The van der Waals surface area contributed by atoms with Crippen molar-refractivity contribution in [1.82, 2.24) is 0 Å². The molecule has 0 saturated carbocycles. The van der Waals surface area contributed by atoms with Gasteiger partial charge in [0.1, 0.15) is 40.2 Å². The van der Waals surface area contributed by atoms with Crippen LogP contribution in [-0.4, -0.2) is 49.8 Å². The van der Waals surface area contributed by atoms with Gasteiger partial charge in [0.2, 0.25) is 0 Å². The molecule has 6 rings (SSSR count). The lowest BCUT2D eigenvalue weighted by molar-refractivity contribution is 0.392. The van der Waals surface area contributed by atoms with Crippen molar-refractivity contribution in [2.24, 2.45) is 0 Å². The van der Waals surface area contributed by atoms with Crippen molar-refractivity contribution in [3.05, 3.63) is 123 Å². The van der Waals surface area contributed by atoms with E-state index in [1.807, 2.05) is 12.1 Å². The largest absolute Gasteiger partial charge is 0.497 e. The van der Waals surface area contributed by atoms with Crippen molar-refractivity contribution in [3.63, 3.8) is 0 Å². The Kier molecular flexibility index (Phi) is 14.0. The van der Waals surface area contributed by atoms with E-state index in [1.54, 1.807) is 49.8 Å². The van der Waals surface area contributed by atoms with Crippen LogP contribution in [0, 0.1) is 62.3 Å². The van der Waals surface area contributed by atoms with Gasteiger partial charge in [0.05, 0.1) is 49.8 Å². The zero-order valence-corrected chi connectivity index (χ0v) is 40.5. The standard InChI is InChI=1S/C52H60O7P2/c1-29-17-40(18-30(2)37(29)9)60(41-19-31(3)50(57-14)32(4)20-41)46-27-38(53-10)25-44(55-12)48(46)49-45(56-13)26-39(54-11)28-47(49)61(42-21-33(5)51(58-15)34(6)22-42)43-23-35(7)52(59-16)36(8)24-43/h17-28H,1-16H3. The van der Waals surface area contributed by atoms with Gasteiger partial charge in [0.15, 0.2) is 0 Å². The summed E-state index contributed by atoms with van der Waals surface area (Å²) in [7, 11) is 9.53. The fourth-order valence-corrected chi connectivity index (χ4v) is 14.4. The number of methoxy groups -OCH3 is 7. The molecule has 0 radical (unpaired) electrons. The number of benzene rings is 6. The highest BCUT2D eigenvalue weighted by Crippen LogP contribution is 2.50. The monoisotopic (exact) mass is 858 g/mol. The van der Waals surface area contributed by atoms with Crippen molar-refractivity contribution < 1.29 is 33.2 Å². The molecule has 0 aliphatic carbocycles. The number of ether oxygens (including phenoxy) is 7. The average Bonchev–Trinajstić information content (AvgIpc) is 3.22. The van der Waals surface area contributed by atoms with Crippen molar-refractivity contribution >= 4 is 47.7 Å². The second kappa shape index (κ2) is 18.8. The smallest absolute Gasteiger partial charge is 0.131 e. The molecule has 0 saturated heterocycles. The minimum atomic E-state index is -1.30. The van der Waals surface area contributed by atoms with Crippen LogP contribution in [0.4, 0.5) is 0 Å². The van der Waals surface area contributed by atoms with E-state index in [2.05, 4.69) is 123 Å². The van der Waals surface area contributed by atoms with E-state index < -0.39 is 15.8 Å². The van der Waals surface area contributed by atoms with Crippen LogP contribution in [-0.2, 0) is 0 Å². The molecule has 0 N–H and O–H groups in total. The van der Waals surface area contributed by atoms with E-state index in [0.29, 0.717) is 23.0 Å². The Balaban J connectivity index is 1.85. The Morgan fingerprint density at radius 1 is 0.295 bits per heavy atom. The van der Waals surface area contributed by atoms with Gasteiger partial charge in [-0.3, -0.25) is 0 Å². The predicted molar refractivity (Wildman–Crippen MR) is 258 cm³/mol. The molecule has 7 nitrogen and oxygen atoms in total. The zero-order valence-electron chi connectivity index (χ0n) is 38.7. The summed E-state index contributed by atoms with van der Waals surface area (Å²) in [6, 6.07) is 26.7. The van der Waals surface area contributed by atoms with Gasteiger partial charge in [-0.25, -0.2) is 0 Å². The minimum Gasteiger partial charge on any atom is -0.497 e. The van der Waals surface area contributed by atoms with Crippen LogP contribution in [0.15, 0.2) is 72.8 Å². The summed E-state index contributed by atoms with van der Waals surface area (Å²) < 4.78 is 42.9. The summed E-state index contributed by atoms with van der Waals surface area (Å²) in [4.78, 5) is 0. The Hall–Kier alpha value is -5.22. The quantitative estimate of drug-likeness (QED) is 0.101. The normalized spacial score (nSPS) is 11.7. The zero-order chi connectivity index (χ0) is 44.4. The molecule has 0 aliphatic heterocycles. The highest BCUT2D eigenvalue weighted by atomic mass is 31.1. The number of hydrogen-bond acceptors (Lipinski definition) is 7. The van der Waals surface area contributed by atoms with Gasteiger partial charge in [0, 0.05) is 33.9 Å². The molecule has 0 amide bonds. The summed E-state index contributed by atoms with van der Waals surface area (Å²) in [5.74, 6) is 5.38. The molecule has 320 valence electrons. The molecule has 6 aromatic carbocycles. The van der Waals surface area contributed by atoms with Gasteiger partial charge in [-0.15, -0.1) is 0 Å². The Bertz CT molecular complexity index is 2460. The first-order valence-corrected chi connectivity index (χ1v) is 23.0. The summed E-state index contributed by atoms with van der Waals surface area (Å²) in [5.41, 5.74) is 12.0. The third kappa shape index (κ3) is 8.66. The van der Waals surface area contributed by atoms with Gasteiger partial charge in [-0.1, -0.05) is 12.1 Å². The molecular weight excluding hydrogens is 799 g/mol. The third-order valence-electron chi connectivity index (χ3n) is 11.6. The summed E-state index contributed by atoms with van der Waals surface area (Å²) in [6.07, 6.45) is 0. The van der Waals surface area contributed by atoms with Crippen molar-refractivity contribution in [3.8, 4) is 51.4 Å². The number of aryl methyl sites for hydroxylation is 8. The highest BCUT2D eigenvalue weighted by Gasteiger charge is 2.33. The lowest BCUT2D eigenvalue weighted by Crippen LogP contribution is -2.28. The van der Waals surface area contributed by atoms with Crippen molar-refractivity contribution in [2.75, 3.05) is 49.8 Å². The Morgan fingerprint density at radius 3 is 0.787 bits per heavy atom. The first-order chi connectivity index (χ1) is 29.1. The van der Waals surface area contributed by atoms with E-state index in [1.165, 1.54) is 27.3 Å². The van der Waals surface area contributed by atoms with Crippen LogP contribution in [0.2, 0.25) is 0 Å². The molecule has 61 heavy (non-hydrogen) atoms. The van der Waals surface area contributed by atoms with Gasteiger partial charge in [-0.05, 0) is 198 Å². The lowest BCUT2D eigenvalue weighted by Gasteiger charge is -2.30. The molecule has 0 spiro atoms. The summed E-state index contributed by atoms with van der Waals surface area (Å²) >= 11 is 0. The minimum absolute atomic E-state index is 0.670. The van der Waals surface area contributed by atoms with Gasteiger partial charge < -0.3 is 33.2 Å². The Labute approximate surface area is 365 Å². The predicted octanol–water partition coefficient (Wildman–Crippen LogP) is 9.71. The molecule has 0 heterocycles. The van der Waals surface area contributed by atoms with Crippen molar-refractivity contribution in [2.45, 2.75) is 62.3 Å². The highest BCUT2D eigenvalue weighted by molar-refractivity contribution is 7.80. The molecule has 0 aromatic heterocycles. The van der Waals surface area contributed by atoms with E-state index >= 15 is 0 Å². The van der Waals surface area contributed by atoms with Crippen LogP contribution in [0.5, 0.6) is 40.2 Å². The summed E-state index contributed by atoms with van der Waals surface area (Å²) in [5, 5.41) is 6.85. The molecule has 0 bridgehead atoms. The van der Waals surface area contributed by atoms with Gasteiger partial charge in [0.25, 0.3) is 0 Å². The van der Waals surface area contributed by atoms with Crippen LogP contribution in [0.3, 0.4) is 0 Å². The first-order valence-electron chi connectivity index (χ1n) is 20.3. The van der Waals surface area contributed by atoms with Crippen LogP contribution < -0.4 is 65.0 Å². The van der Waals surface area contributed by atoms with E-state index in [-0.39, 0.29) is 0 Å². The fraction of sp³-hybridized carbons (Fsp3) is 0.308. The maximum atomic E-state index is 6.49. The maximum Gasteiger partial charge on any atom is 0.131 e. The Morgan fingerprint density at radius 2 is 0.557 bits per heavy atom. The van der Waals surface area contributed by atoms with E-state index in [0.717, 1.165) is 83.0 Å². The molecule has 6 aromatic rings. The average molecular weight is 859 g/mol. The molecule has 1 unspecified atom stereocenters. The van der Waals surface area contributed by atoms with Crippen molar-refractivity contribution in [1.29, 1.82) is 0 Å². The number of rotatable bonds is 14. The van der Waals surface area contributed by atoms with Crippen LogP contribution in [0.1, 0.15) is 50.1 Å². The molecule has 1 atom stereocenters. The first kappa shape index (κ1) is 45.3. The number of hydrogen-bond donors (Lipinski definition) is 0. The van der Waals surface area contributed by atoms with Crippen LogP contribution in [0.25, 0.3) is 11.1 Å². The second-order valence-corrected chi connectivity index (χ2v) is 20.0. The topological polar surface area (TPSA) is 64.6 Å². The SMILES string of the molecule is COc1cc(OC)c(-c2c(OC)cc(OC)cc2P(c2cc(C)c(OC)c(C)c2)c2cc(C)c(OC)c(C)c2)c(P(c2cc(C)c(C)c(C)c2)c2cc(C)c(OC)c(C)c2)c1.